The molecule has 3 nitrogen and oxygen atoms in total. The first-order valence-corrected chi connectivity index (χ1v) is 8.22. The number of hydrogen-bond acceptors (Lipinski definition) is 4. The Morgan fingerprint density at radius 1 is 1.29 bits per heavy atom. The molecule has 0 atom stereocenters. The van der Waals surface area contributed by atoms with E-state index in [1.54, 1.807) is 18.4 Å². The van der Waals surface area contributed by atoms with Crippen molar-refractivity contribution < 1.29 is 9.47 Å². The summed E-state index contributed by atoms with van der Waals surface area (Å²) in [6.07, 6.45) is 0.934. The molecule has 21 heavy (non-hydrogen) atoms. The van der Waals surface area contributed by atoms with Crippen LogP contribution in [0.2, 0.25) is 5.02 Å². The van der Waals surface area contributed by atoms with Crippen molar-refractivity contribution >= 4 is 22.9 Å². The largest absolute Gasteiger partial charge is 0.493 e. The number of rotatable bonds is 8. The molecule has 0 aliphatic rings. The minimum atomic E-state index is 0.593. The second-order valence-corrected chi connectivity index (χ2v) is 6.08. The molecule has 2 aromatic rings. The molecule has 0 aliphatic carbocycles. The number of thiophene rings is 1. The smallest absolute Gasteiger partial charge is 0.179 e. The van der Waals surface area contributed by atoms with Gasteiger partial charge in [-0.1, -0.05) is 24.6 Å². The third-order valence-corrected chi connectivity index (χ3v) is 4.11. The van der Waals surface area contributed by atoms with Gasteiger partial charge in [0.2, 0.25) is 0 Å². The maximum atomic E-state index is 6.30. The highest BCUT2D eigenvalue weighted by atomic mass is 35.5. The van der Waals surface area contributed by atoms with Crippen LogP contribution < -0.4 is 14.8 Å². The Kier molecular flexibility index (Phi) is 6.36. The van der Waals surface area contributed by atoms with Crippen molar-refractivity contribution in [1.29, 1.82) is 0 Å². The van der Waals surface area contributed by atoms with Gasteiger partial charge in [0.05, 0.1) is 18.7 Å². The summed E-state index contributed by atoms with van der Waals surface area (Å²) < 4.78 is 11.0. The van der Waals surface area contributed by atoms with Gasteiger partial charge in [0, 0.05) is 18.0 Å². The van der Waals surface area contributed by atoms with Gasteiger partial charge < -0.3 is 14.8 Å². The lowest BCUT2D eigenvalue weighted by molar-refractivity contribution is 0.294. The van der Waals surface area contributed by atoms with E-state index < -0.39 is 0 Å². The first-order chi connectivity index (χ1) is 10.2. The highest BCUT2D eigenvalue weighted by molar-refractivity contribution is 7.09. The lowest BCUT2D eigenvalue weighted by Gasteiger charge is -2.14. The summed E-state index contributed by atoms with van der Waals surface area (Å²) in [6, 6.07) is 8.07. The summed E-state index contributed by atoms with van der Waals surface area (Å²) in [5, 5.41) is 6.07. The molecule has 1 heterocycles. The van der Waals surface area contributed by atoms with Gasteiger partial charge in [0.25, 0.3) is 0 Å². The van der Waals surface area contributed by atoms with Gasteiger partial charge in [0.1, 0.15) is 0 Å². The number of halogens is 1. The molecule has 1 N–H and O–H groups in total. The van der Waals surface area contributed by atoms with Crippen LogP contribution in [0.1, 0.15) is 23.8 Å². The molecule has 0 radical (unpaired) electrons. The second kappa shape index (κ2) is 8.27. The molecule has 0 saturated heterocycles. The predicted octanol–water partition coefficient (Wildman–Crippen LogP) is 4.49. The first-order valence-electron chi connectivity index (χ1n) is 6.97. The van der Waals surface area contributed by atoms with Crippen LogP contribution in [0.25, 0.3) is 0 Å². The van der Waals surface area contributed by atoms with Gasteiger partial charge in [0.15, 0.2) is 11.5 Å². The van der Waals surface area contributed by atoms with E-state index in [1.807, 2.05) is 12.1 Å². The summed E-state index contributed by atoms with van der Waals surface area (Å²) in [5.74, 6) is 1.31. The first kappa shape index (κ1) is 16.1. The van der Waals surface area contributed by atoms with Crippen molar-refractivity contribution in [3.63, 3.8) is 0 Å². The summed E-state index contributed by atoms with van der Waals surface area (Å²) in [6.45, 7) is 4.28. The minimum Gasteiger partial charge on any atom is -0.493 e. The predicted molar refractivity (Wildman–Crippen MR) is 88.7 cm³/mol. The Hall–Kier alpha value is -1.23. The van der Waals surface area contributed by atoms with E-state index >= 15 is 0 Å². The van der Waals surface area contributed by atoms with Crippen LogP contribution in [0.5, 0.6) is 11.5 Å². The zero-order valence-corrected chi connectivity index (χ0v) is 13.9. The molecule has 0 aliphatic heterocycles. The van der Waals surface area contributed by atoms with Crippen molar-refractivity contribution in [2.75, 3.05) is 13.7 Å². The number of methoxy groups -OCH3 is 1. The lowest BCUT2D eigenvalue weighted by Crippen LogP contribution is -2.12. The molecule has 0 spiro atoms. The molecule has 1 aromatic carbocycles. The van der Waals surface area contributed by atoms with Gasteiger partial charge >= 0.3 is 0 Å². The maximum absolute atomic E-state index is 6.30. The molecule has 114 valence electrons. The van der Waals surface area contributed by atoms with E-state index in [0.717, 1.165) is 25.1 Å². The number of hydrogen-bond donors (Lipinski definition) is 1. The number of nitrogens with one attached hydrogen (secondary N) is 1. The van der Waals surface area contributed by atoms with Crippen molar-refractivity contribution in [3.05, 3.63) is 45.1 Å². The monoisotopic (exact) mass is 325 g/mol. The highest BCUT2D eigenvalue weighted by Gasteiger charge is 2.11. The minimum absolute atomic E-state index is 0.593. The molecule has 0 unspecified atom stereocenters. The Bertz CT molecular complexity index is 558. The standard InChI is InChI=1S/C16H20ClNO2S/c1-3-6-20-16-14(17)8-12(9-15(16)19-2)10-18-11-13-5-4-7-21-13/h4-5,7-9,18H,3,6,10-11H2,1-2H3. The Morgan fingerprint density at radius 2 is 2.14 bits per heavy atom. The van der Waals surface area contributed by atoms with Gasteiger partial charge in [-0.05, 0) is 35.6 Å². The van der Waals surface area contributed by atoms with E-state index in [1.165, 1.54) is 4.88 Å². The Balaban J connectivity index is 2.01. The number of benzene rings is 1. The SMILES string of the molecule is CCCOc1c(Cl)cc(CNCc2cccs2)cc1OC. The van der Waals surface area contributed by atoms with Crippen LogP contribution in [-0.2, 0) is 13.1 Å². The molecule has 0 fully saturated rings. The average molecular weight is 326 g/mol. The zero-order valence-electron chi connectivity index (χ0n) is 12.3. The van der Waals surface area contributed by atoms with Crippen LogP contribution in [-0.4, -0.2) is 13.7 Å². The lowest BCUT2D eigenvalue weighted by atomic mass is 10.2. The highest BCUT2D eigenvalue weighted by Crippen LogP contribution is 2.36. The van der Waals surface area contributed by atoms with Crippen LogP contribution in [0.4, 0.5) is 0 Å². The third kappa shape index (κ3) is 4.63. The van der Waals surface area contributed by atoms with Crippen LogP contribution >= 0.6 is 22.9 Å². The maximum Gasteiger partial charge on any atom is 0.179 e. The third-order valence-electron chi connectivity index (χ3n) is 2.95. The van der Waals surface area contributed by atoms with E-state index in [0.29, 0.717) is 23.1 Å². The fraction of sp³-hybridized carbons (Fsp3) is 0.375. The summed E-state index contributed by atoms with van der Waals surface area (Å²) in [4.78, 5) is 1.32. The number of ether oxygens (including phenoxy) is 2. The Morgan fingerprint density at radius 3 is 2.81 bits per heavy atom. The average Bonchev–Trinajstić information content (AvgIpc) is 2.99. The molecular formula is C16H20ClNO2S. The fourth-order valence-electron chi connectivity index (χ4n) is 1.96. The van der Waals surface area contributed by atoms with E-state index in [2.05, 4.69) is 29.8 Å². The molecule has 5 heteroatoms. The Labute approximate surface area is 134 Å². The van der Waals surface area contributed by atoms with Gasteiger partial charge in [-0.3, -0.25) is 0 Å². The topological polar surface area (TPSA) is 30.5 Å². The molecular weight excluding hydrogens is 306 g/mol. The van der Waals surface area contributed by atoms with E-state index in [9.17, 15) is 0 Å². The molecule has 0 saturated carbocycles. The molecule has 0 bridgehead atoms. The van der Waals surface area contributed by atoms with Crippen molar-refractivity contribution in [2.45, 2.75) is 26.4 Å². The second-order valence-electron chi connectivity index (χ2n) is 4.64. The normalized spacial score (nSPS) is 10.6. The van der Waals surface area contributed by atoms with E-state index in [-0.39, 0.29) is 0 Å². The quantitative estimate of drug-likeness (QED) is 0.775. The van der Waals surface area contributed by atoms with Crippen LogP contribution in [0, 0.1) is 0 Å². The van der Waals surface area contributed by atoms with Gasteiger partial charge in [-0.15, -0.1) is 11.3 Å². The zero-order chi connectivity index (χ0) is 15.1. The van der Waals surface area contributed by atoms with Gasteiger partial charge in [-0.2, -0.15) is 0 Å². The van der Waals surface area contributed by atoms with Crippen molar-refractivity contribution in [1.82, 2.24) is 5.32 Å². The van der Waals surface area contributed by atoms with Crippen molar-refractivity contribution in [3.8, 4) is 11.5 Å². The summed E-state index contributed by atoms with van der Waals surface area (Å²) in [5.41, 5.74) is 1.08. The molecule has 1 aromatic heterocycles. The summed E-state index contributed by atoms with van der Waals surface area (Å²) >= 11 is 8.04. The fourth-order valence-corrected chi connectivity index (χ4v) is 2.92. The van der Waals surface area contributed by atoms with Crippen LogP contribution in [0.3, 0.4) is 0 Å². The van der Waals surface area contributed by atoms with Crippen LogP contribution in [0.15, 0.2) is 29.6 Å². The van der Waals surface area contributed by atoms with Gasteiger partial charge in [-0.25, -0.2) is 0 Å². The van der Waals surface area contributed by atoms with E-state index in [4.69, 9.17) is 21.1 Å². The molecule has 2 rings (SSSR count). The molecule has 0 amide bonds. The summed E-state index contributed by atoms with van der Waals surface area (Å²) in [7, 11) is 1.63. The van der Waals surface area contributed by atoms with Crippen molar-refractivity contribution in [2.24, 2.45) is 0 Å².